The molecule has 0 heterocycles. The smallest absolute Gasteiger partial charge is 0.324 e. The maximum absolute atomic E-state index is 11.5. The van der Waals surface area contributed by atoms with Gasteiger partial charge in [0.2, 0.25) is 0 Å². The molecule has 16 heavy (non-hydrogen) atoms. The van der Waals surface area contributed by atoms with Crippen molar-refractivity contribution in [2.45, 2.75) is 52.4 Å². The zero-order valence-corrected chi connectivity index (χ0v) is 10.4. The van der Waals surface area contributed by atoms with Gasteiger partial charge < -0.3 is 5.32 Å². The fraction of sp³-hybridized carbons (Fsp3) is 0.833. The Balaban J connectivity index is 3.69. The molecule has 4 nitrogen and oxygen atoms in total. The summed E-state index contributed by atoms with van der Waals surface area (Å²) < 4.78 is 0. The predicted octanol–water partition coefficient (Wildman–Crippen LogP) is 2.45. The van der Waals surface area contributed by atoms with E-state index >= 15 is 0 Å². The van der Waals surface area contributed by atoms with Crippen molar-refractivity contribution in [1.29, 1.82) is 0 Å². The fourth-order valence-corrected chi connectivity index (χ4v) is 1.37. The van der Waals surface area contributed by atoms with Crippen LogP contribution in [-0.4, -0.2) is 30.4 Å². The van der Waals surface area contributed by atoms with Crippen LogP contribution >= 0.6 is 0 Å². The number of urea groups is 1. The Kier molecular flexibility index (Phi) is 9.76. The van der Waals surface area contributed by atoms with Crippen molar-refractivity contribution in [3.63, 3.8) is 0 Å². The molecule has 0 unspecified atom stereocenters. The van der Waals surface area contributed by atoms with Crippen molar-refractivity contribution in [3.8, 4) is 0 Å². The minimum Gasteiger partial charge on any atom is -0.338 e. The van der Waals surface area contributed by atoms with E-state index in [0.717, 1.165) is 43.4 Å². The number of nitrogens with one attached hydrogen (secondary N) is 1. The maximum Gasteiger partial charge on any atom is 0.324 e. The van der Waals surface area contributed by atoms with Crippen LogP contribution in [0.5, 0.6) is 0 Å². The van der Waals surface area contributed by atoms with Crippen LogP contribution in [0.2, 0.25) is 0 Å². The third-order valence-corrected chi connectivity index (χ3v) is 2.40. The molecule has 0 aliphatic heterocycles. The van der Waals surface area contributed by atoms with Crippen LogP contribution < -0.4 is 5.32 Å². The first-order valence-electron chi connectivity index (χ1n) is 6.19. The summed E-state index contributed by atoms with van der Waals surface area (Å²) in [5.74, 6) is 0. The van der Waals surface area contributed by atoms with Crippen LogP contribution in [0.15, 0.2) is 0 Å². The quantitative estimate of drug-likeness (QED) is 0.486. The Bertz CT molecular complexity index is 195. The molecule has 0 spiro atoms. The van der Waals surface area contributed by atoms with Gasteiger partial charge in [0.25, 0.3) is 0 Å². The Morgan fingerprint density at radius 2 is 1.75 bits per heavy atom. The van der Waals surface area contributed by atoms with E-state index in [4.69, 9.17) is 0 Å². The number of rotatable bonds is 9. The summed E-state index contributed by atoms with van der Waals surface area (Å²) in [6, 6.07) is -0.317. The summed E-state index contributed by atoms with van der Waals surface area (Å²) in [6.45, 7) is 5.30. The van der Waals surface area contributed by atoms with Gasteiger partial charge in [0.05, 0.1) is 0 Å². The van der Waals surface area contributed by atoms with Gasteiger partial charge in [-0.1, -0.05) is 39.5 Å². The summed E-state index contributed by atoms with van der Waals surface area (Å²) in [5.41, 5.74) is 0. The zero-order valence-electron chi connectivity index (χ0n) is 10.4. The van der Waals surface area contributed by atoms with Gasteiger partial charge in [-0.2, -0.15) is 0 Å². The first kappa shape index (κ1) is 14.9. The monoisotopic (exact) mass is 227 g/mol. The Labute approximate surface area is 98.4 Å². The summed E-state index contributed by atoms with van der Waals surface area (Å²) >= 11 is 0. The fourth-order valence-electron chi connectivity index (χ4n) is 1.37. The molecule has 0 saturated carbocycles. The summed E-state index contributed by atoms with van der Waals surface area (Å²) in [6.07, 6.45) is 7.81. The number of carbonyl (C=O) groups excluding carboxylic acids is 2. The van der Waals surface area contributed by atoms with E-state index in [1.54, 1.807) is 6.41 Å². The highest BCUT2D eigenvalue weighted by Crippen LogP contribution is 1.97. The van der Waals surface area contributed by atoms with E-state index in [1.807, 2.05) is 0 Å². The van der Waals surface area contributed by atoms with Gasteiger partial charge in [0.1, 0.15) is 0 Å². The van der Waals surface area contributed by atoms with Crippen molar-refractivity contribution in [1.82, 2.24) is 10.2 Å². The topological polar surface area (TPSA) is 49.4 Å². The molecule has 0 rings (SSSR count). The van der Waals surface area contributed by atoms with Crippen molar-refractivity contribution >= 4 is 12.4 Å². The van der Waals surface area contributed by atoms with Crippen molar-refractivity contribution in [3.05, 3.63) is 0 Å². The highest BCUT2D eigenvalue weighted by molar-refractivity contribution is 5.84. The molecule has 1 N–H and O–H groups in total. The van der Waals surface area contributed by atoms with Gasteiger partial charge in [-0.05, 0) is 12.8 Å². The van der Waals surface area contributed by atoms with E-state index in [2.05, 4.69) is 19.2 Å². The SMILES string of the molecule is CCCCCNC(=O)N([C]=O)CCCCC. The molecule has 0 aliphatic rings. The van der Waals surface area contributed by atoms with E-state index in [0.29, 0.717) is 13.1 Å². The largest absolute Gasteiger partial charge is 0.338 e. The predicted molar refractivity (Wildman–Crippen MR) is 64.8 cm³/mol. The highest BCUT2D eigenvalue weighted by atomic mass is 16.2. The van der Waals surface area contributed by atoms with Crippen LogP contribution in [0.4, 0.5) is 4.79 Å². The lowest BCUT2D eigenvalue weighted by Gasteiger charge is -2.14. The second-order valence-electron chi connectivity index (χ2n) is 3.89. The normalized spacial score (nSPS) is 9.88. The molecule has 0 fully saturated rings. The Morgan fingerprint density at radius 1 is 1.12 bits per heavy atom. The highest BCUT2D eigenvalue weighted by Gasteiger charge is 2.11. The number of hydrogen-bond acceptors (Lipinski definition) is 2. The molecule has 4 heteroatoms. The van der Waals surface area contributed by atoms with E-state index in [1.165, 1.54) is 0 Å². The second kappa shape index (κ2) is 10.5. The first-order chi connectivity index (χ1) is 7.76. The van der Waals surface area contributed by atoms with E-state index in [-0.39, 0.29) is 6.03 Å². The lowest BCUT2D eigenvalue weighted by Crippen LogP contribution is -2.40. The molecule has 0 aromatic carbocycles. The minimum atomic E-state index is -0.317. The van der Waals surface area contributed by atoms with E-state index in [9.17, 15) is 9.59 Å². The Hall–Kier alpha value is -1.06. The van der Waals surface area contributed by atoms with Crippen LogP contribution in [0.1, 0.15) is 52.4 Å². The summed E-state index contributed by atoms with van der Waals surface area (Å²) in [7, 11) is 0. The number of amides is 3. The third kappa shape index (κ3) is 7.26. The average molecular weight is 227 g/mol. The molecule has 1 radical (unpaired) electrons. The first-order valence-corrected chi connectivity index (χ1v) is 6.19. The van der Waals surface area contributed by atoms with Crippen LogP contribution in [0, 0.1) is 0 Å². The zero-order chi connectivity index (χ0) is 12.2. The van der Waals surface area contributed by atoms with Crippen molar-refractivity contribution in [2.24, 2.45) is 0 Å². The molecule has 0 atom stereocenters. The van der Waals surface area contributed by atoms with Gasteiger partial charge in [-0.25, -0.2) is 4.79 Å². The van der Waals surface area contributed by atoms with Crippen LogP contribution in [0.3, 0.4) is 0 Å². The molecule has 0 bridgehead atoms. The standard InChI is InChI=1S/C12H23N2O2/c1-3-5-7-9-13-12(16)14(11-15)10-8-6-4-2/h3-10H2,1-2H3,(H,13,16). The molecular formula is C12H23N2O2. The number of unbranched alkanes of at least 4 members (excludes halogenated alkanes) is 4. The molecule has 0 aliphatic carbocycles. The number of hydrogen-bond donors (Lipinski definition) is 1. The summed E-state index contributed by atoms with van der Waals surface area (Å²) in [4.78, 5) is 23.2. The maximum atomic E-state index is 11.5. The second-order valence-corrected chi connectivity index (χ2v) is 3.89. The lowest BCUT2D eigenvalue weighted by molar-refractivity contribution is 0.218. The van der Waals surface area contributed by atoms with Gasteiger partial charge in [-0.15, -0.1) is 0 Å². The molecule has 0 aromatic heterocycles. The molecule has 3 amide bonds. The van der Waals surface area contributed by atoms with E-state index < -0.39 is 0 Å². The molecule has 0 saturated heterocycles. The van der Waals surface area contributed by atoms with Crippen LogP contribution in [-0.2, 0) is 4.79 Å². The van der Waals surface area contributed by atoms with Crippen molar-refractivity contribution in [2.75, 3.05) is 13.1 Å². The summed E-state index contributed by atoms with van der Waals surface area (Å²) in [5, 5.41) is 2.72. The minimum absolute atomic E-state index is 0.317. The lowest BCUT2D eigenvalue weighted by atomic mass is 10.2. The number of imide groups is 1. The van der Waals surface area contributed by atoms with Gasteiger partial charge >= 0.3 is 12.4 Å². The van der Waals surface area contributed by atoms with Crippen LogP contribution in [0.25, 0.3) is 0 Å². The van der Waals surface area contributed by atoms with Gasteiger partial charge in [0.15, 0.2) is 0 Å². The molecule has 0 aromatic rings. The number of nitrogens with zero attached hydrogens (tertiary/aromatic N) is 1. The van der Waals surface area contributed by atoms with Gasteiger partial charge in [0, 0.05) is 13.1 Å². The molecular weight excluding hydrogens is 204 g/mol. The third-order valence-electron chi connectivity index (χ3n) is 2.40. The average Bonchev–Trinajstić information content (AvgIpc) is 2.30. The number of carbonyl (C=O) groups is 1. The van der Waals surface area contributed by atoms with Crippen molar-refractivity contribution < 1.29 is 9.59 Å². The van der Waals surface area contributed by atoms with Gasteiger partial charge in [-0.3, -0.25) is 9.69 Å². The molecule has 93 valence electrons. The Morgan fingerprint density at radius 3 is 2.31 bits per heavy atom.